The molecule has 1 atom stereocenters. The van der Waals surface area contributed by atoms with Gasteiger partial charge in [0.1, 0.15) is 0 Å². The minimum atomic E-state index is -0.404. The predicted octanol–water partition coefficient (Wildman–Crippen LogP) is 4.16. The van der Waals surface area contributed by atoms with Crippen molar-refractivity contribution in [1.29, 1.82) is 0 Å². The smallest absolute Gasteiger partial charge is 0.275 e. The lowest BCUT2D eigenvalue weighted by molar-refractivity contribution is -0.385. The van der Waals surface area contributed by atoms with E-state index in [1.807, 2.05) is 24.4 Å². The maximum absolute atomic E-state index is 11.0. The number of hydrogen-bond acceptors (Lipinski definition) is 4. The molecule has 0 amide bonds. The van der Waals surface area contributed by atoms with Crippen molar-refractivity contribution in [1.82, 2.24) is 5.32 Å². The van der Waals surface area contributed by atoms with Crippen molar-refractivity contribution < 1.29 is 4.92 Å². The molecule has 0 fully saturated rings. The van der Waals surface area contributed by atoms with Crippen LogP contribution in [-0.4, -0.2) is 4.92 Å². The van der Waals surface area contributed by atoms with Gasteiger partial charge < -0.3 is 5.32 Å². The Balaban J connectivity index is 2.13. The maximum Gasteiger partial charge on any atom is 0.275 e. The number of benzene rings is 1. The molecule has 0 spiro atoms. The van der Waals surface area contributed by atoms with Gasteiger partial charge >= 0.3 is 0 Å². The molecule has 1 N–H and O–H groups in total. The average molecular weight is 297 g/mol. The van der Waals surface area contributed by atoms with Gasteiger partial charge in [-0.05, 0) is 24.4 Å². The van der Waals surface area contributed by atoms with Crippen LogP contribution in [0.5, 0.6) is 0 Å². The second-order valence-corrected chi connectivity index (χ2v) is 5.50. The first kappa shape index (κ1) is 14.0. The quantitative estimate of drug-likeness (QED) is 0.666. The molecule has 4 nitrogen and oxygen atoms in total. The highest BCUT2D eigenvalue weighted by Gasteiger charge is 2.17. The number of nitrogens with zero attached hydrogens (tertiary/aromatic N) is 1. The summed E-state index contributed by atoms with van der Waals surface area (Å²) < 4.78 is 0. The summed E-state index contributed by atoms with van der Waals surface area (Å²) in [6, 6.07) is 8.88. The Morgan fingerprint density at radius 1 is 1.42 bits per heavy atom. The molecule has 1 unspecified atom stereocenters. The minimum absolute atomic E-state index is 0.0541. The summed E-state index contributed by atoms with van der Waals surface area (Å²) in [5.74, 6) is 0. The van der Waals surface area contributed by atoms with Crippen molar-refractivity contribution >= 4 is 28.6 Å². The van der Waals surface area contributed by atoms with E-state index in [0.717, 1.165) is 0 Å². The zero-order valence-electron chi connectivity index (χ0n) is 10.3. The number of hydrogen-bond donors (Lipinski definition) is 1. The molecule has 1 aromatic carbocycles. The molecule has 0 radical (unpaired) electrons. The lowest BCUT2D eigenvalue weighted by Crippen LogP contribution is -2.18. The fourth-order valence-electron chi connectivity index (χ4n) is 1.79. The van der Waals surface area contributed by atoms with Crippen LogP contribution in [0.4, 0.5) is 5.69 Å². The highest BCUT2D eigenvalue weighted by molar-refractivity contribution is 7.10. The van der Waals surface area contributed by atoms with Crippen LogP contribution in [-0.2, 0) is 6.54 Å². The van der Waals surface area contributed by atoms with Crippen LogP contribution in [0.15, 0.2) is 35.7 Å². The van der Waals surface area contributed by atoms with Crippen LogP contribution < -0.4 is 5.32 Å². The summed E-state index contributed by atoms with van der Waals surface area (Å²) in [6.45, 7) is 2.39. The Morgan fingerprint density at radius 3 is 2.84 bits per heavy atom. The minimum Gasteiger partial charge on any atom is -0.305 e. The van der Waals surface area contributed by atoms with Gasteiger partial charge in [0.05, 0.1) is 15.5 Å². The first-order chi connectivity index (χ1) is 9.09. The van der Waals surface area contributed by atoms with Crippen molar-refractivity contribution in [2.45, 2.75) is 19.5 Å². The molecule has 0 saturated carbocycles. The third-order valence-corrected chi connectivity index (χ3v) is 4.25. The molecule has 0 saturated heterocycles. The van der Waals surface area contributed by atoms with Crippen molar-refractivity contribution in [2.75, 3.05) is 0 Å². The summed E-state index contributed by atoms with van der Waals surface area (Å²) in [5.41, 5.74) is 0.580. The predicted molar refractivity (Wildman–Crippen MR) is 77.7 cm³/mol. The molecule has 0 aliphatic rings. The third-order valence-electron chi connectivity index (χ3n) is 2.85. The van der Waals surface area contributed by atoms with E-state index in [1.54, 1.807) is 23.5 Å². The molecular weight excluding hydrogens is 284 g/mol. The number of halogens is 1. The van der Waals surface area contributed by atoms with Gasteiger partial charge in [-0.2, -0.15) is 0 Å². The Kier molecular flexibility index (Phi) is 4.52. The van der Waals surface area contributed by atoms with Crippen molar-refractivity contribution in [3.63, 3.8) is 0 Å². The summed E-state index contributed by atoms with van der Waals surface area (Å²) in [7, 11) is 0. The fourth-order valence-corrected chi connectivity index (χ4v) is 2.78. The summed E-state index contributed by atoms with van der Waals surface area (Å²) >= 11 is 7.69. The summed E-state index contributed by atoms with van der Waals surface area (Å²) in [4.78, 5) is 11.8. The Morgan fingerprint density at radius 2 is 2.21 bits per heavy atom. The van der Waals surface area contributed by atoms with Crippen LogP contribution in [0.3, 0.4) is 0 Å². The Hall–Kier alpha value is -1.43. The zero-order chi connectivity index (χ0) is 13.8. The van der Waals surface area contributed by atoms with Crippen molar-refractivity contribution in [3.8, 4) is 0 Å². The monoisotopic (exact) mass is 296 g/mol. The highest BCUT2D eigenvalue weighted by Crippen LogP contribution is 2.27. The van der Waals surface area contributed by atoms with Crippen LogP contribution in [0.1, 0.15) is 23.4 Å². The van der Waals surface area contributed by atoms with Gasteiger partial charge in [0.25, 0.3) is 5.69 Å². The molecule has 0 aliphatic heterocycles. The van der Waals surface area contributed by atoms with E-state index in [2.05, 4.69) is 5.32 Å². The normalized spacial score (nSPS) is 12.3. The third kappa shape index (κ3) is 3.32. The second-order valence-electron chi connectivity index (χ2n) is 4.11. The average Bonchev–Trinajstić information content (AvgIpc) is 2.90. The van der Waals surface area contributed by atoms with E-state index in [-0.39, 0.29) is 11.7 Å². The highest BCUT2D eigenvalue weighted by atomic mass is 35.5. The second kappa shape index (κ2) is 6.14. The SMILES string of the molecule is CC(NCc1c(Cl)cccc1[N+](=O)[O-])c1cccs1. The van der Waals surface area contributed by atoms with Gasteiger partial charge in [0.2, 0.25) is 0 Å². The van der Waals surface area contributed by atoms with Gasteiger partial charge in [-0.1, -0.05) is 23.7 Å². The fraction of sp³-hybridized carbons (Fsp3) is 0.231. The van der Waals surface area contributed by atoms with Crippen LogP contribution in [0, 0.1) is 10.1 Å². The van der Waals surface area contributed by atoms with E-state index in [4.69, 9.17) is 11.6 Å². The van der Waals surface area contributed by atoms with Gasteiger partial charge in [0, 0.05) is 23.5 Å². The number of rotatable bonds is 5. The molecule has 100 valence electrons. The van der Waals surface area contributed by atoms with Crippen LogP contribution in [0.2, 0.25) is 5.02 Å². The van der Waals surface area contributed by atoms with E-state index >= 15 is 0 Å². The molecule has 0 bridgehead atoms. The summed E-state index contributed by atoms with van der Waals surface area (Å²) in [5, 5.41) is 16.6. The molecule has 2 rings (SSSR count). The van der Waals surface area contributed by atoms with Gasteiger partial charge in [-0.15, -0.1) is 11.3 Å². The van der Waals surface area contributed by atoms with E-state index in [9.17, 15) is 10.1 Å². The van der Waals surface area contributed by atoms with E-state index in [1.165, 1.54) is 10.9 Å². The van der Waals surface area contributed by atoms with Crippen LogP contribution >= 0.6 is 22.9 Å². The number of thiophene rings is 1. The van der Waals surface area contributed by atoms with Gasteiger partial charge in [-0.3, -0.25) is 10.1 Å². The molecular formula is C13H13ClN2O2S. The molecule has 19 heavy (non-hydrogen) atoms. The first-order valence-electron chi connectivity index (χ1n) is 5.78. The van der Waals surface area contributed by atoms with Crippen LogP contribution in [0.25, 0.3) is 0 Å². The topological polar surface area (TPSA) is 55.2 Å². The summed E-state index contributed by atoms with van der Waals surface area (Å²) in [6.07, 6.45) is 0. The van der Waals surface area contributed by atoms with E-state index < -0.39 is 4.92 Å². The van der Waals surface area contributed by atoms with Gasteiger partial charge in [0.15, 0.2) is 0 Å². The standard InChI is InChI=1S/C13H13ClN2O2S/c1-9(13-6-3-7-19-13)15-8-10-11(14)4-2-5-12(10)16(17)18/h2-7,9,15H,8H2,1H3. The lowest BCUT2D eigenvalue weighted by Gasteiger charge is -2.13. The maximum atomic E-state index is 11.0. The largest absolute Gasteiger partial charge is 0.305 e. The molecule has 6 heteroatoms. The number of nitro benzene ring substituents is 1. The molecule has 0 aliphatic carbocycles. The molecule has 2 aromatic rings. The number of nitro groups is 1. The zero-order valence-corrected chi connectivity index (χ0v) is 11.9. The molecule has 1 aromatic heterocycles. The van der Waals surface area contributed by atoms with Crippen molar-refractivity contribution in [2.24, 2.45) is 0 Å². The first-order valence-corrected chi connectivity index (χ1v) is 7.04. The van der Waals surface area contributed by atoms with E-state index in [0.29, 0.717) is 17.1 Å². The van der Waals surface area contributed by atoms with Crippen molar-refractivity contribution in [3.05, 3.63) is 61.3 Å². The van der Waals surface area contributed by atoms with Gasteiger partial charge in [-0.25, -0.2) is 0 Å². The Labute approximate surface area is 120 Å². The lowest BCUT2D eigenvalue weighted by atomic mass is 10.1. The number of nitrogens with one attached hydrogen (secondary N) is 1. The molecule has 1 heterocycles. The Bertz CT molecular complexity index is 572.